The summed E-state index contributed by atoms with van der Waals surface area (Å²) in [5.41, 5.74) is 33.9. The number of guanidine groups is 2. The van der Waals surface area contributed by atoms with Gasteiger partial charge in [-0.15, -0.1) is 0 Å². The van der Waals surface area contributed by atoms with Gasteiger partial charge in [0.05, 0.1) is 12.5 Å². The zero-order chi connectivity index (χ0) is 37.4. The van der Waals surface area contributed by atoms with Crippen molar-refractivity contribution in [2.75, 3.05) is 13.1 Å². The molecule has 0 spiro atoms. The summed E-state index contributed by atoms with van der Waals surface area (Å²) in [6.45, 7) is 1.61. The van der Waals surface area contributed by atoms with Crippen molar-refractivity contribution in [1.82, 2.24) is 26.3 Å². The minimum atomic E-state index is -1.61. The third-order valence-corrected chi connectivity index (χ3v) is 7.32. The van der Waals surface area contributed by atoms with Gasteiger partial charge in [-0.2, -0.15) is 0 Å². The molecule has 18 N–H and O–H groups in total. The number of para-hydroxylation sites is 1. The number of nitrogens with two attached hydrogens (primary N) is 6. The van der Waals surface area contributed by atoms with Crippen molar-refractivity contribution in [2.24, 2.45) is 44.4 Å². The van der Waals surface area contributed by atoms with E-state index in [0.717, 1.165) is 10.9 Å². The Labute approximate surface area is 287 Å². The summed E-state index contributed by atoms with van der Waals surface area (Å²) in [7, 11) is 0. The van der Waals surface area contributed by atoms with Crippen LogP contribution in [0.1, 0.15) is 44.6 Å². The zero-order valence-corrected chi connectivity index (χ0v) is 27.7. The number of nitrogens with one attached hydrogen (secondary N) is 5. The third kappa shape index (κ3) is 13.7. The molecule has 2 rings (SSSR count). The molecule has 0 saturated carbocycles. The van der Waals surface area contributed by atoms with E-state index < -0.39 is 72.1 Å². The minimum absolute atomic E-state index is 0.0170. The van der Waals surface area contributed by atoms with Crippen LogP contribution in [0, 0.1) is 0 Å². The molecular weight excluding hydrogens is 654 g/mol. The summed E-state index contributed by atoms with van der Waals surface area (Å²) in [4.78, 5) is 87.6. The van der Waals surface area contributed by atoms with Crippen molar-refractivity contribution < 1.29 is 33.9 Å². The van der Waals surface area contributed by atoms with E-state index in [0.29, 0.717) is 5.56 Å². The van der Waals surface area contributed by atoms with Crippen LogP contribution in [0.25, 0.3) is 10.9 Å². The summed E-state index contributed by atoms with van der Waals surface area (Å²) in [5, 5.41) is 20.3. The highest BCUT2D eigenvalue weighted by atomic mass is 16.4. The van der Waals surface area contributed by atoms with Crippen LogP contribution in [0.4, 0.5) is 0 Å². The second kappa shape index (κ2) is 19.8. The fourth-order valence-electron chi connectivity index (χ4n) is 4.79. The van der Waals surface area contributed by atoms with Gasteiger partial charge in [-0.25, -0.2) is 4.79 Å². The van der Waals surface area contributed by atoms with Gasteiger partial charge in [0.25, 0.3) is 0 Å². The number of rotatable bonds is 21. The number of hydrogen-bond donors (Lipinski definition) is 12. The van der Waals surface area contributed by atoms with E-state index in [1.165, 1.54) is 6.92 Å². The predicted octanol–water partition coefficient (Wildman–Crippen LogP) is -3.94. The molecule has 1 aromatic heterocycles. The van der Waals surface area contributed by atoms with E-state index in [9.17, 15) is 33.9 Å². The first-order valence-electron chi connectivity index (χ1n) is 15.7. The number of aromatic nitrogens is 1. The fourth-order valence-corrected chi connectivity index (χ4v) is 4.79. The molecule has 274 valence electrons. The normalized spacial score (nSPS) is 13.8. The third-order valence-electron chi connectivity index (χ3n) is 7.32. The van der Waals surface area contributed by atoms with Crippen molar-refractivity contribution >= 4 is 58.3 Å². The monoisotopic (exact) mass is 701 g/mol. The molecule has 50 heavy (non-hydrogen) atoms. The van der Waals surface area contributed by atoms with Crippen LogP contribution < -0.4 is 55.7 Å². The summed E-state index contributed by atoms with van der Waals surface area (Å²) >= 11 is 0. The maximum atomic E-state index is 13.7. The summed E-state index contributed by atoms with van der Waals surface area (Å²) < 4.78 is 0. The first-order chi connectivity index (χ1) is 23.6. The standard InChI is InChI=1S/C30H47N13O7/c1-15(31)24(45)42-21(12-16-14-39-18-7-3-2-6-17(16)18)26(47)40-19(8-4-10-37-29(33)34)25(46)43-22(13-23(32)44)27(48)41-20(28(49)50)9-5-11-38-30(35)36/h2-3,6-7,14-15,19-22,39H,4-5,8-13,31H2,1H3,(H2,32,44)(H,40,47)(H,41,48)(H,42,45)(H,43,46)(H,49,50)(H4,33,34,37)(H4,35,36,38)/t15-,19-,20-,21-,22-/m0/s1. The van der Waals surface area contributed by atoms with Gasteiger partial charge in [-0.3, -0.25) is 34.0 Å². The van der Waals surface area contributed by atoms with Gasteiger partial charge in [-0.05, 0) is 44.2 Å². The fraction of sp³-hybridized carbons (Fsp3) is 0.467. The number of aliphatic imine (C=N–C) groups is 2. The summed E-state index contributed by atoms with van der Waals surface area (Å²) in [5.74, 6) is -6.05. The zero-order valence-electron chi connectivity index (χ0n) is 27.7. The van der Waals surface area contributed by atoms with Gasteiger partial charge >= 0.3 is 5.97 Å². The van der Waals surface area contributed by atoms with Crippen LogP contribution >= 0.6 is 0 Å². The number of amides is 5. The maximum Gasteiger partial charge on any atom is 0.326 e. The highest BCUT2D eigenvalue weighted by Crippen LogP contribution is 2.19. The Morgan fingerprint density at radius 1 is 0.740 bits per heavy atom. The van der Waals surface area contributed by atoms with E-state index in [2.05, 4.69) is 36.2 Å². The molecule has 5 amide bonds. The van der Waals surface area contributed by atoms with Crippen LogP contribution in [0.5, 0.6) is 0 Å². The maximum absolute atomic E-state index is 13.7. The molecule has 20 nitrogen and oxygen atoms in total. The van der Waals surface area contributed by atoms with E-state index in [1.54, 1.807) is 6.20 Å². The molecular formula is C30H47N13O7. The van der Waals surface area contributed by atoms with E-state index >= 15 is 0 Å². The van der Waals surface area contributed by atoms with Crippen LogP contribution in [-0.2, 0) is 35.2 Å². The van der Waals surface area contributed by atoms with Gasteiger partial charge in [-0.1, -0.05) is 18.2 Å². The lowest BCUT2D eigenvalue weighted by molar-refractivity contribution is -0.142. The van der Waals surface area contributed by atoms with Gasteiger partial charge in [0.15, 0.2) is 11.9 Å². The Balaban J connectivity index is 2.32. The van der Waals surface area contributed by atoms with Crippen molar-refractivity contribution in [3.05, 3.63) is 36.0 Å². The number of aliphatic carboxylic acids is 1. The largest absolute Gasteiger partial charge is 0.480 e. The quantitative estimate of drug-likeness (QED) is 0.0337. The predicted molar refractivity (Wildman–Crippen MR) is 185 cm³/mol. The average molecular weight is 702 g/mol. The minimum Gasteiger partial charge on any atom is -0.480 e. The lowest BCUT2D eigenvalue weighted by atomic mass is 10.0. The number of H-pyrrole nitrogens is 1. The molecule has 0 saturated heterocycles. The molecule has 2 aromatic rings. The summed E-state index contributed by atoms with van der Waals surface area (Å²) in [6, 6.07) is 0.806. The molecule has 20 heteroatoms. The van der Waals surface area contributed by atoms with Crippen molar-refractivity contribution in [3.63, 3.8) is 0 Å². The van der Waals surface area contributed by atoms with Crippen molar-refractivity contribution in [2.45, 2.75) is 75.7 Å². The molecule has 0 aliphatic rings. The Morgan fingerprint density at radius 2 is 1.24 bits per heavy atom. The van der Waals surface area contributed by atoms with Gasteiger partial charge in [0.2, 0.25) is 29.5 Å². The number of carbonyl (C=O) groups is 6. The molecule has 0 bridgehead atoms. The number of primary amides is 1. The average Bonchev–Trinajstić information content (AvgIpc) is 3.44. The molecule has 5 atom stereocenters. The number of benzene rings is 1. The molecule has 0 radical (unpaired) electrons. The SMILES string of the molecule is C[C@H](N)C(=O)N[C@@H](Cc1c[nH]c2ccccc12)C(=O)N[C@@H](CCCN=C(N)N)C(=O)N[C@@H](CC(N)=O)C(=O)N[C@@H](CCCN=C(N)N)C(=O)O. The van der Waals surface area contributed by atoms with Crippen LogP contribution in [0.15, 0.2) is 40.4 Å². The lowest BCUT2D eigenvalue weighted by Crippen LogP contribution is -2.59. The Kier molecular flexibility index (Phi) is 15.9. The second-order valence-electron chi connectivity index (χ2n) is 11.5. The first kappa shape index (κ1) is 40.3. The Bertz CT molecular complexity index is 1570. The van der Waals surface area contributed by atoms with E-state index in [1.807, 2.05) is 24.3 Å². The number of carboxylic acids is 1. The number of carbonyl (C=O) groups excluding carboxylic acids is 5. The van der Waals surface area contributed by atoms with Gasteiger partial charge < -0.3 is 65.8 Å². The van der Waals surface area contributed by atoms with Crippen LogP contribution in [-0.4, -0.2) is 101 Å². The molecule has 0 aliphatic carbocycles. The molecule has 0 unspecified atom stereocenters. The molecule has 0 fully saturated rings. The van der Waals surface area contributed by atoms with Crippen LogP contribution in [0.3, 0.4) is 0 Å². The van der Waals surface area contributed by atoms with Gasteiger partial charge in [0, 0.05) is 36.6 Å². The number of hydrogen-bond acceptors (Lipinski definition) is 9. The smallest absolute Gasteiger partial charge is 0.326 e. The number of fused-ring (bicyclic) bond motifs is 1. The van der Waals surface area contributed by atoms with E-state index in [-0.39, 0.29) is 57.1 Å². The highest BCUT2D eigenvalue weighted by Gasteiger charge is 2.32. The Morgan fingerprint density at radius 3 is 1.80 bits per heavy atom. The van der Waals surface area contributed by atoms with Crippen LogP contribution in [0.2, 0.25) is 0 Å². The van der Waals surface area contributed by atoms with Crippen molar-refractivity contribution in [3.8, 4) is 0 Å². The molecule has 0 aliphatic heterocycles. The highest BCUT2D eigenvalue weighted by molar-refractivity contribution is 5.97. The number of nitrogens with zero attached hydrogens (tertiary/aromatic N) is 2. The topological polar surface area (TPSA) is 367 Å². The van der Waals surface area contributed by atoms with Crippen molar-refractivity contribution in [1.29, 1.82) is 0 Å². The summed E-state index contributed by atoms with van der Waals surface area (Å²) in [6.07, 6.45) is 1.25. The molecule has 1 aromatic carbocycles. The number of aromatic amines is 1. The second-order valence-corrected chi connectivity index (χ2v) is 11.5. The number of carboxylic acid groups (broad SMARTS) is 1. The Hall–Kier alpha value is -5.92. The molecule has 1 heterocycles. The van der Waals surface area contributed by atoms with E-state index in [4.69, 9.17) is 34.4 Å². The van der Waals surface area contributed by atoms with Gasteiger partial charge in [0.1, 0.15) is 24.2 Å². The lowest BCUT2D eigenvalue weighted by Gasteiger charge is -2.26. The first-order valence-corrected chi connectivity index (χ1v) is 15.7.